The van der Waals surface area contributed by atoms with Gasteiger partial charge in [0.2, 0.25) is 0 Å². The Kier molecular flexibility index (Phi) is 3.52. The van der Waals surface area contributed by atoms with Crippen molar-refractivity contribution in [1.82, 2.24) is 0 Å². The number of aryl methyl sites for hydroxylation is 2. The second kappa shape index (κ2) is 5.09. The van der Waals surface area contributed by atoms with Gasteiger partial charge in [-0.25, -0.2) is 0 Å². The summed E-state index contributed by atoms with van der Waals surface area (Å²) in [5.41, 5.74) is 12.8. The molecule has 0 amide bonds. The Morgan fingerprint density at radius 1 is 0.889 bits per heavy atom. The molecule has 0 aliphatic rings. The van der Waals surface area contributed by atoms with Crippen LogP contribution in [-0.2, 0) is 0 Å². The average molecular weight is 237 g/mol. The van der Waals surface area contributed by atoms with Crippen molar-refractivity contribution < 1.29 is 0 Å². The van der Waals surface area contributed by atoms with Crippen LogP contribution in [0.2, 0.25) is 0 Å². The molecular formula is C17H19N. The minimum absolute atomic E-state index is 0.847. The Morgan fingerprint density at radius 3 is 2.22 bits per heavy atom. The van der Waals surface area contributed by atoms with Gasteiger partial charge in [0.25, 0.3) is 0 Å². The van der Waals surface area contributed by atoms with E-state index in [1.165, 1.54) is 22.3 Å². The maximum atomic E-state index is 5.86. The van der Waals surface area contributed by atoms with Crippen molar-refractivity contribution in [2.45, 2.75) is 20.8 Å². The topological polar surface area (TPSA) is 26.0 Å². The molecule has 0 spiro atoms. The smallest absolute Gasteiger partial charge is 0.0344 e. The van der Waals surface area contributed by atoms with Gasteiger partial charge in [-0.05, 0) is 66.8 Å². The van der Waals surface area contributed by atoms with Crippen molar-refractivity contribution >= 4 is 11.8 Å². The normalized spacial score (nSPS) is 11.1. The molecule has 0 atom stereocenters. The highest BCUT2D eigenvalue weighted by atomic mass is 14.5. The maximum Gasteiger partial charge on any atom is 0.0344 e. The third kappa shape index (κ3) is 2.45. The lowest BCUT2D eigenvalue weighted by atomic mass is 9.98. The van der Waals surface area contributed by atoms with Crippen LogP contribution in [0.15, 0.2) is 42.5 Å². The van der Waals surface area contributed by atoms with Crippen LogP contribution in [0.4, 0.5) is 5.69 Å². The van der Waals surface area contributed by atoms with Crippen LogP contribution < -0.4 is 5.73 Å². The van der Waals surface area contributed by atoms with E-state index in [9.17, 15) is 0 Å². The zero-order valence-electron chi connectivity index (χ0n) is 11.2. The molecule has 0 aliphatic carbocycles. The Hall–Kier alpha value is -2.02. The summed E-state index contributed by atoms with van der Waals surface area (Å²) in [6.45, 7) is 6.21. The second-order valence-corrected chi connectivity index (χ2v) is 4.64. The summed E-state index contributed by atoms with van der Waals surface area (Å²) in [6, 6.07) is 12.7. The van der Waals surface area contributed by atoms with Crippen LogP contribution in [0.25, 0.3) is 17.2 Å². The summed E-state index contributed by atoms with van der Waals surface area (Å²) >= 11 is 0. The number of nitrogens with two attached hydrogens (primary N) is 1. The molecule has 0 saturated heterocycles. The Morgan fingerprint density at radius 2 is 1.56 bits per heavy atom. The van der Waals surface area contributed by atoms with Gasteiger partial charge in [0.1, 0.15) is 0 Å². The van der Waals surface area contributed by atoms with E-state index < -0.39 is 0 Å². The summed E-state index contributed by atoms with van der Waals surface area (Å²) in [5, 5.41) is 0. The van der Waals surface area contributed by atoms with Gasteiger partial charge < -0.3 is 5.73 Å². The first-order valence-corrected chi connectivity index (χ1v) is 6.21. The lowest BCUT2D eigenvalue weighted by Crippen LogP contribution is -1.90. The highest BCUT2D eigenvalue weighted by Crippen LogP contribution is 2.26. The molecule has 2 rings (SSSR count). The second-order valence-electron chi connectivity index (χ2n) is 4.64. The molecule has 0 heterocycles. The van der Waals surface area contributed by atoms with Crippen molar-refractivity contribution in [2.24, 2.45) is 0 Å². The number of nitrogen functional groups attached to an aromatic ring is 1. The standard InChI is InChI=1S/C17H19N/c1-4-5-14-11-16(7-6-12(14)2)15-8-9-17(18)13(3)10-15/h4-11H,18H2,1-3H3/b5-4-. The predicted octanol–water partition coefficient (Wildman–Crippen LogP) is 4.59. The van der Waals surface area contributed by atoms with Crippen LogP contribution in [0, 0.1) is 13.8 Å². The monoisotopic (exact) mass is 237 g/mol. The van der Waals surface area contributed by atoms with Gasteiger partial charge in [-0.2, -0.15) is 0 Å². The molecule has 2 aromatic rings. The minimum atomic E-state index is 0.847. The van der Waals surface area contributed by atoms with Gasteiger partial charge >= 0.3 is 0 Å². The van der Waals surface area contributed by atoms with Crippen molar-refractivity contribution in [2.75, 3.05) is 5.73 Å². The van der Waals surface area contributed by atoms with Gasteiger partial charge in [0, 0.05) is 5.69 Å². The fourth-order valence-electron chi connectivity index (χ4n) is 2.03. The van der Waals surface area contributed by atoms with Crippen molar-refractivity contribution in [1.29, 1.82) is 0 Å². The molecule has 0 radical (unpaired) electrons. The van der Waals surface area contributed by atoms with E-state index in [0.29, 0.717) is 0 Å². The number of benzene rings is 2. The summed E-state index contributed by atoms with van der Waals surface area (Å²) in [6.07, 6.45) is 4.21. The van der Waals surface area contributed by atoms with Crippen LogP contribution in [0.1, 0.15) is 23.6 Å². The molecule has 2 N–H and O–H groups in total. The fraction of sp³-hybridized carbons (Fsp3) is 0.176. The Balaban J connectivity index is 2.50. The molecule has 1 nitrogen and oxygen atoms in total. The van der Waals surface area contributed by atoms with Crippen LogP contribution >= 0.6 is 0 Å². The third-order valence-corrected chi connectivity index (χ3v) is 3.23. The van der Waals surface area contributed by atoms with Crippen LogP contribution in [-0.4, -0.2) is 0 Å². The summed E-state index contributed by atoms with van der Waals surface area (Å²) < 4.78 is 0. The van der Waals surface area contributed by atoms with Crippen LogP contribution in [0.5, 0.6) is 0 Å². The molecule has 1 heteroatoms. The van der Waals surface area contributed by atoms with Gasteiger partial charge in [0.05, 0.1) is 0 Å². The number of anilines is 1. The quantitative estimate of drug-likeness (QED) is 0.760. The Bertz CT molecular complexity index is 595. The molecule has 2 aromatic carbocycles. The van der Waals surface area contributed by atoms with E-state index in [-0.39, 0.29) is 0 Å². The fourth-order valence-corrected chi connectivity index (χ4v) is 2.03. The van der Waals surface area contributed by atoms with Gasteiger partial charge in [0.15, 0.2) is 0 Å². The first-order valence-electron chi connectivity index (χ1n) is 6.21. The van der Waals surface area contributed by atoms with E-state index in [1.54, 1.807) is 0 Å². The summed E-state index contributed by atoms with van der Waals surface area (Å²) in [7, 11) is 0. The highest BCUT2D eigenvalue weighted by Gasteiger charge is 2.02. The maximum absolute atomic E-state index is 5.86. The van der Waals surface area contributed by atoms with Crippen molar-refractivity contribution in [3.63, 3.8) is 0 Å². The Labute approximate surface area is 109 Å². The molecule has 92 valence electrons. The molecule has 0 saturated carbocycles. The minimum Gasteiger partial charge on any atom is -0.399 e. The van der Waals surface area contributed by atoms with E-state index in [1.807, 2.05) is 19.9 Å². The molecule has 0 aromatic heterocycles. The zero-order valence-corrected chi connectivity index (χ0v) is 11.2. The molecule has 0 aliphatic heterocycles. The first-order chi connectivity index (χ1) is 8.61. The number of hydrogen-bond acceptors (Lipinski definition) is 1. The summed E-state index contributed by atoms with van der Waals surface area (Å²) in [4.78, 5) is 0. The molecule has 0 unspecified atom stereocenters. The molecule has 0 bridgehead atoms. The van der Waals surface area contributed by atoms with E-state index in [0.717, 1.165) is 11.3 Å². The first kappa shape index (κ1) is 12.4. The largest absolute Gasteiger partial charge is 0.399 e. The SMILES string of the molecule is C/C=C\c1cc(-c2ccc(N)c(C)c2)ccc1C. The van der Waals surface area contributed by atoms with Crippen molar-refractivity contribution in [3.8, 4) is 11.1 Å². The highest BCUT2D eigenvalue weighted by molar-refractivity contribution is 5.71. The van der Waals surface area contributed by atoms with Crippen molar-refractivity contribution in [3.05, 3.63) is 59.2 Å². The van der Waals surface area contributed by atoms with Crippen LogP contribution in [0.3, 0.4) is 0 Å². The van der Waals surface area contributed by atoms with Gasteiger partial charge in [-0.1, -0.05) is 30.4 Å². The number of allylic oxidation sites excluding steroid dienone is 1. The van der Waals surface area contributed by atoms with E-state index >= 15 is 0 Å². The number of hydrogen-bond donors (Lipinski definition) is 1. The molecular weight excluding hydrogens is 218 g/mol. The molecule has 0 fully saturated rings. The zero-order chi connectivity index (χ0) is 13.1. The predicted molar refractivity (Wildman–Crippen MR) is 80.5 cm³/mol. The van der Waals surface area contributed by atoms with Gasteiger partial charge in [-0.15, -0.1) is 0 Å². The molecule has 18 heavy (non-hydrogen) atoms. The van der Waals surface area contributed by atoms with Gasteiger partial charge in [-0.3, -0.25) is 0 Å². The number of rotatable bonds is 2. The van der Waals surface area contributed by atoms with E-state index in [4.69, 9.17) is 5.73 Å². The third-order valence-electron chi connectivity index (χ3n) is 3.23. The average Bonchev–Trinajstić information content (AvgIpc) is 2.36. The lowest BCUT2D eigenvalue weighted by molar-refractivity contribution is 1.42. The summed E-state index contributed by atoms with van der Waals surface area (Å²) in [5.74, 6) is 0. The lowest BCUT2D eigenvalue weighted by Gasteiger charge is -2.08. The van der Waals surface area contributed by atoms with E-state index in [2.05, 4.69) is 49.4 Å².